The number of halogens is 2. The number of carbonyl (C=O) groups is 2. The third kappa shape index (κ3) is 5.84. The van der Waals surface area contributed by atoms with Gasteiger partial charge in [-0.3, -0.25) is 9.59 Å². The van der Waals surface area contributed by atoms with Gasteiger partial charge in [0.2, 0.25) is 10.2 Å². The van der Waals surface area contributed by atoms with Gasteiger partial charge in [-0.05, 0) is 73.5 Å². The monoisotopic (exact) mass is 422 g/mol. The maximum absolute atomic E-state index is 12.9. The minimum absolute atomic E-state index is 0.210. The quantitative estimate of drug-likeness (QED) is 0.464. The van der Waals surface area contributed by atoms with E-state index in [2.05, 4.69) is 0 Å². The second kappa shape index (κ2) is 10.9. The fraction of sp³-hybridized carbons (Fsp3) is 0.364. The third-order valence-corrected chi connectivity index (χ3v) is 5.91. The van der Waals surface area contributed by atoms with Crippen LogP contribution in [0.4, 0.5) is 0 Å². The van der Waals surface area contributed by atoms with Crippen molar-refractivity contribution in [3.05, 3.63) is 69.8 Å². The molecule has 5 heteroatoms. The average molecular weight is 423 g/mol. The normalized spacial score (nSPS) is 10.8. The van der Waals surface area contributed by atoms with Crippen molar-refractivity contribution in [3.63, 3.8) is 0 Å². The van der Waals surface area contributed by atoms with E-state index < -0.39 is 0 Å². The molecule has 2 aromatic carbocycles. The smallest absolute Gasteiger partial charge is 0.227 e. The van der Waals surface area contributed by atoms with Crippen LogP contribution in [0.5, 0.6) is 0 Å². The van der Waals surface area contributed by atoms with Gasteiger partial charge in [-0.2, -0.15) is 0 Å². The second-order valence-corrected chi connectivity index (χ2v) is 8.17. The molecule has 0 amide bonds. The SMILES string of the molecule is Cc1cccc(C(=O)SC(=O)c2cccc(C)c2CCCCl)c1CCCCl. The molecule has 2 rings (SSSR count). The standard InChI is InChI=1S/C22H24Cl2O2S/c1-15-7-3-9-19(17(15)11-5-13-23)21(25)27-22(26)20-10-4-8-16(2)18(20)12-6-14-24/h3-4,7-10H,5-6,11-14H2,1-2H3. The summed E-state index contributed by atoms with van der Waals surface area (Å²) in [5, 5.41) is -0.420. The summed E-state index contributed by atoms with van der Waals surface area (Å²) in [4.78, 5) is 25.7. The Hall–Kier alpha value is -1.29. The first-order valence-electron chi connectivity index (χ1n) is 9.05. The lowest BCUT2D eigenvalue weighted by Crippen LogP contribution is -2.09. The largest absolute Gasteiger partial charge is 0.281 e. The Kier molecular flexibility index (Phi) is 8.88. The number of alkyl halides is 2. The van der Waals surface area contributed by atoms with E-state index in [1.807, 2.05) is 38.1 Å². The predicted octanol–water partition coefficient (Wildman–Crippen LogP) is 6.36. The Labute approximate surface area is 175 Å². The van der Waals surface area contributed by atoms with Crippen molar-refractivity contribution in [1.82, 2.24) is 0 Å². The van der Waals surface area contributed by atoms with E-state index in [1.54, 1.807) is 12.1 Å². The summed E-state index contributed by atoms with van der Waals surface area (Å²) >= 11 is 12.4. The Bertz CT molecular complexity index is 750. The topological polar surface area (TPSA) is 34.1 Å². The molecule has 144 valence electrons. The molecule has 0 unspecified atom stereocenters. The van der Waals surface area contributed by atoms with E-state index in [1.165, 1.54) is 0 Å². The van der Waals surface area contributed by atoms with Gasteiger partial charge in [0.1, 0.15) is 0 Å². The molecule has 0 radical (unpaired) electrons. The van der Waals surface area contributed by atoms with Gasteiger partial charge in [-0.15, -0.1) is 23.2 Å². The third-order valence-electron chi connectivity index (χ3n) is 4.57. The van der Waals surface area contributed by atoms with Crippen LogP contribution in [-0.2, 0) is 12.8 Å². The molecule has 0 spiro atoms. The molecule has 0 saturated carbocycles. The number of carbonyl (C=O) groups excluding carboxylic acids is 2. The zero-order valence-corrected chi connectivity index (χ0v) is 18.0. The van der Waals surface area contributed by atoms with Crippen LogP contribution < -0.4 is 0 Å². The highest BCUT2D eigenvalue weighted by molar-refractivity contribution is 8.27. The lowest BCUT2D eigenvalue weighted by molar-refractivity contribution is 0.106. The van der Waals surface area contributed by atoms with Gasteiger partial charge in [0, 0.05) is 22.9 Å². The van der Waals surface area contributed by atoms with Gasteiger partial charge < -0.3 is 0 Å². The molecule has 0 N–H and O–H groups in total. The minimum Gasteiger partial charge on any atom is -0.281 e. The predicted molar refractivity (Wildman–Crippen MR) is 117 cm³/mol. The Morgan fingerprint density at radius 1 is 0.778 bits per heavy atom. The molecule has 0 heterocycles. The van der Waals surface area contributed by atoms with Crippen LogP contribution in [-0.4, -0.2) is 22.0 Å². The number of rotatable bonds is 8. The van der Waals surface area contributed by atoms with Crippen molar-refractivity contribution in [3.8, 4) is 0 Å². The van der Waals surface area contributed by atoms with Crippen molar-refractivity contribution in [1.29, 1.82) is 0 Å². The Morgan fingerprint density at radius 2 is 1.19 bits per heavy atom. The molecule has 0 aromatic heterocycles. The fourth-order valence-electron chi connectivity index (χ4n) is 3.13. The van der Waals surface area contributed by atoms with Crippen LogP contribution in [0, 0.1) is 13.8 Å². The minimum atomic E-state index is -0.210. The summed E-state index contributed by atoms with van der Waals surface area (Å²) in [5.74, 6) is 1.09. The zero-order valence-electron chi connectivity index (χ0n) is 15.7. The highest BCUT2D eigenvalue weighted by Crippen LogP contribution is 2.27. The summed E-state index contributed by atoms with van der Waals surface area (Å²) in [6.45, 7) is 3.97. The van der Waals surface area contributed by atoms with E-state index in [4.69, 9.17) is 23.2 Å². The number of hydrogen-bond acceptors (Lipinski definition) is 3. The van der Waals surface area contributed by atoms with E-state index in [0.717, 1.165) is 59.7 Å². The van der Waals surface area contributed by atoms with Crippen molar-refractivity contribution in [2.45, 2.75) is 39.5 Å². The van der Waals surface area contributed by atoms with Crippen molar-refractivity contribution in [2.24, 2.45) is 0 Å². The van der Waals surface area contributed by atoms with Crippen molar-refractivity contribution < 1.29 is 9.59 Å². The van der Waals surface area contributed by atoms with Gasteiger partial charge in [-0.1, -0.05) is 36.4 Å². The molecule has 0 aliphatic heterocycles. The van der Waals surface area contributed by atoms with Crippen LogP contribution in [0.25, 0.3) is 0 Å². The van der Waals surface area contributed by atoms with Crippen LogP contribution in [0.1, 0.15) is 55.8 Å². The van der Waals surface area contributed by atoms with Crippen LogP contribution in [0.2, 0.25) is 0 Å². The van der Waals surface area contributed by atoms with Gasteiger partial charge in [0.25, 0.3) is 0 Å². The maximum atomic E-state index is 12.9. The Morgan fingerprint density at radius 3 is 1.56 bits per heavy atom. The molecule has 0 aliphatic rings. The summed E-state index contributed by atoms with van der Waals surface area (Å²) in [7, 11) is 0. The van der Waals surface area contributed by atoms with Gasteiger partial charge >= 0.3 is 0 Å². The first kappa shape index (κ1) is 22.0. The first-order valence-corrected chi connectivity index (χ1v) is 10.9. The number of hydrogen-bond donors (Lipinski definition) is 0. The van der Waals surface area contributed by atoms with Gasteiger partial charge in [-0.25, -0.2) is 0 Å². The second-order valence-electron chi connectivity index (χ2n) is 6.46. The summed E-state index contributed by atoms with van der Waals surface area (Å²) in [5.41, 5.74) is 5.28. The van der Waals surface area contributed by atoms with E-state index in [9.17, 15) is 9.59 Å². The first-order chi connectivity index (χ1) is 13.0. The maximum Gasteiger partial charge on any atom is 0.227 e. The molecular weight excluding hydrogens is 399 g/mol. The highest BCUT2D eigenvalue weighted by Gasteiger charge is 2.21. The molecule has 0 atom stereocenters. The Balaban J connectivity index is 2.26. The number of aryl methyl sites for hydroxylation is 2. The summed E-state index contributed by atoms with van der Waals surface area (Å²) in [6.07, 6.45) is 3.06. The van der Waals surface area contributed by atoms with Crippen molar-refractivity contribution in [2.75, 3.05) is 11.8 Å². The molecule has 0 bridgehead atoms. The van der Waals surface area contributed by atoms with Crippen LogP contribution >= 0.6 is 35.0 Å². The van der Waals surface area contributed by atoms with E-state index >= 15 is 0 Å². The molecular formula is C22H24Cl2O2S. The van der Waals surface area contributed by atoms with Gasteiger partial charge in [0.05, 0.1) is 0 Å². The highest BCUT2D eigenvalue weighted by atomic mass is 35.5. The van der Waals surface area contributed by atoms with E-state index in [-0.39, 0.29) is 10.2 Å². The molecule has 27 heavy (non-hydrogen) atoms. The average Bonchev–Trinajstić information content (AvgIpc) is 2.65. The van der Waals surface area contributed by atoms with Crippen LogP contribution in [0.3, 0.4) is 0 Å². The molecule has 0 fully saturated rings. The van der Waals surface area contributed by atoms with Crippen molar-refractivity contribution >= 4 is 45.2 Å². The molecule has 0 saturated heterocycles. The van der Waals surface area contributed by atoms with E-state index in [0.29, 0.717) is 22.9 Å². The van der Waals surface area contributed by atoms with Gasteiger partial charge in [0.15, 0.2) is 0 Å². The summed E-state index contributed by atoms with van der Waals surface area (Å²) in [6, 6.07) is 11.3. The lowest BCUT2D eigenvalue weighted by Gasteiger charge is -2.13. The lowest BCUT2D eigenvalue weighted by atomic mass is 9.98. The molecule has 0 aliphatic carbocycles. The molecule has 2 aromatic rings. The zero-order chi connectivity index (χ0) is 19.8. The summed E-state index contributed by atoms with van der Waals surface area (Å²) < 4.78 is 0. The number of thioether (sulfide) groups is 1. The van der Waals surface area contributed by atoms with Crippen LogP contribution in [0.15, 0.2) is 36.4 Å². The number of benzene rings is 2. The molecule has 2 nitrogen and oxygen atoms in total. The fourth-order valence-corrected chi connectivity index (χ4v) is 4.17.